The van der Waals surface area contributed by atoms with Gasteiger partial charge < -0.3 is 10.2 Å². The van der Waals surface area contributed by atoms with Gasteiger partial charge in [0.05, 0.1) is 0 Å². The standard InChI is InChI=1S/C16H26N2S/c1-18(10-9-17-14-7-8-14)12-15-11-13-5-3-2-4-6-16(13)19-15/h11,14,17H,2-10,12H2,1H3. The van der Waals surface area contributed by atoms with Crippen LogP contribution in [0.1, 0.15) is 47.4 Å². The van der Waals surface area contributed by atoms with Gasteiger partial charge in [0, 0.05) is 35.4 Å². The molecule has 2 aliphatic carbocycles. The van der Waals surface area contributed by atoms with Crippen LogP contribution in [0.2, 0.25) is 0 Å². The quantitative estimate of drug-likeness (QED) is 0.804. The summed E-state index contributed by atoms with van der Waals surface area (Å²) in [5.74, 6) is 0. The maximum Gasteiger partial charge on any atom is 0.0325 e. The monoisotopic (exact) mass is 278 g/mol. The second kappa shape index (κ2) is 6.38. The highest BCUT2D eigenvalue weighted by Gasteiger charge is 2.20. The molecule has 0 amide bonds. The summed E-state index contributed by atoms with van der Waals surface area (Å²) >= 11 is 2.07. The van der Waals surface area contributed by atoms with Crippen molar-refractivity contribution >= 4 is 11.3 Å². The van der Waals surface area contributed by atoms with Gasteiger partial charge in [-0.25, -0.2) is 0 Å². The summed E-state index contributed by atoms with van der Waals surface area (Å²) in [7, 11) is 2.25. The number of thiophene rings is 1. The van der Waals surface area contributed by atoms with E-state index in [4.69, 9.17) is 0 Å². The molecule has 3 rings (SSSR count). The minimum atomic E-state index is 0.839. The molecule has 1 heterocycles. The van der Waals surface area contributed by atoms with Crippen LogP contribution in [-0.4, -0.2) is 31.1 Å². The molecular formula is C16H26N2S. The van der Waals surface area contributed by atoms with Crippen molar-refractivity contribution in [2.24, 2.45) is 0 Å². The normalized spacial score (nSPS) is 19.5. The van der Waals surface area contributed by atoms with Crippen molar-refractivity contribution in [3.63, 3.8) is 0 Å². The predicted octanol–water partition coefficient (Wildman–Crippen LogP) is 3.20. The Morgan fingerprint density at radius 1 is 1.26 bits per heavy atom. The zero-order valence-corrected chi connectivity index (χ0v) is 12.9. The van der Waals surface area contributed by atoms with E-state index in [0.29, 0.717) is 0 Å². The highest BCUT2D eigenvalue weighted by atomic mass is 32.1. The number of aryl methyl sites for hydroxylation is 2. The third-order valence-corrected chi connectivity index (χ3v) is 5.45. The molecule has 0 aromatic carbocycles. The van der Waals surface area contributed by atoms with Gasteiger partial charge in [-0.15, -0.1) is 11.3 Å². The van der Waals surface area contributed by atoms with E-state index in [1.807, 2.05) is 0 Å². The number of rotatable bonds is 6. The first-order chi connectivity index (χ1) is 9.31. The number of hydrogen-bond acceptors (Lipinski definition) is 3. The summed E-state index contributed by atoms with van der Waals surface area (Å²) in [5.41, 5.74) is 1.65. The zero-order valence-electron chi connectivity index (χ0n) is 12.1. The molecule has 0 saturated heterocycles. The van der Waals surface area contributed by atoms with Crippen molar-refractivity contribution in [1.82, 2.24) is 10.2 Å². The molecule has 0 aliphatic heterocycles. The lowest BCUT2D eigenvalue weighted by molar-refractivity contribution is 0.326. The van der Waals surface area contributed by atoms with Crippen LogP contribution in [-0.2, 0) is 19.4 Å². The van der Waals surface area contributed by atoms with Crippen LogP contribution < -0.4 is 5.32 Å². The molecular weight excluding hydrogens is 252 g/mol. The molecule has 1 saturated carbocycles. The summed E-state index contributed by atoms with van der Waals surface area (Å²) in [5, 5.41) is 3.59. The number of fused-ring (bicyclic) bond motifs is 1. The van der Waals surface area contributed by atoms with Crippen molar-refractivity contribution in [3.05, 3.63) is 21.4 Å². The van der Waals surface area contributed by atoms with E-state index in [0.717, 1.165) is 19.1 Å². The van der Waals surface area contributed by atoms with E-state index < -0.39 is 0 Å². The van der Waals surface area contributed by atoms with Gasteiger partial charge in [-0.2, -0.15) is 0 Å². The maximum atomic E-state index is 3.59. The number of hydrogen-bond donors (Lipinski definition) is 1. The lowest BCUT2D eigenvalue weighted by Crippen LogP contribution is -2.29. The van der Waals surface area contributed by atoms with Gasteiger partial charge in [0.15, 0.2) is 0 Å². The highest BCUT2D eigenvalue weighted by molar-refractivity contribution is 7.12. The SMILES string of the molecule is CN(CCNC1CC1)Cc1cc2c(s1)CCCCC2. The van der Waals surface area contributed by atoms with Gasteiger partial charge in [-0.3, -0.25) is 0 Å². The number of likely N-dealkylation sites (N-methyl/N-ethyl adjacent to an activating group) is 1. The first-order valence-electron chi connectivity index (χ1n) is 7.83. The van der Waals surface area contributed by atoms with Crippen molar-refractivity contribution < 1.29 is 0 Å². The van der Waals surface area contributed by atoms with E-state index in [1.54, 1.807) is 15.3 Å². The largest absolute Gasteiger partial charge is 0.313 e. The topological polar surface area (TPSA) is 15.3 Å². The molecule has 0 bridgehead atoms. The van der Waals surface area contributed by atoms with Crippen molar-refractivity contribution in [3.8, 4) is 0 Å². The highest BCUT2D eigenvalue weighted by Crippen LogP contribution is 2.29. The van der Waals surface area contributed by atoms with Crippen LogP contribution in [0.25, 0.3) is 0 Å². The Labute approximate surface area is 121 Å². The first kappa shape index (κ1) is 13.6. The second-order valence-electron chi connectivity index (χ2n) is 6.19. The molecule has 3 heteroatoms. The van der Waals surface area contributed by atoms with Crippen LogP contribution in [0.4, 0.5) is 0 Å². The van der Waals surface area contributed by atoms with Crippen molar-refractivity contribution in [2.45, 2.75) is 57.5 Å². The van der Waals surface area contributed by atoms with Crippen LogP contribution in [0.5, 0.6) is 0 Å². The molecule has 2 aliphatic rings. The van der Waals surface area contributed by atoms with Crippen LogP contribution in [0, 0.1) is 0 Å². The smallest absolute Gasteiger partial charge is 0.0325 e. The lowest BCUT2D eigenvalue weighted by atomic mass is 10.1. The predicted molar refractivity (Wildman–Crippen MR) is 82.9 cm³/mol. The molecule has 0 unspecified atom stereocenters. The van der Waals surface area contributed by atoms with Crippen molar-refractivity contribution in [2.75, 3.05) is 20.1 Å². The Morgan fingerprint density at radius 2 is 2.11 bits per heavy atom. The molecule has 19 heavy (non-hydrogen) atoms. The Balaban J connectivity index is 1.48. The number of nitrogens with zero attached hydrogens (tertiary/aromatic N) is 1. The molecule has 2 nitrogen and oxygen atoms in total. The van der Waals surface area contributed by atoms with Gasteiger partial charge in [-0.1, -0.05) is 6.42 Å². The Morgan fingerprint density at radius 3 is 2.95 bits per heavy atom. The van der Waals surface area contributed by atoms with Crippen LogP contribution >= 0.6 is 11.3 Å². The Kier molecular flexibility index (Phi) is 4.57. The summed E-state index contributed by atoms with van der Waals surface area (Å²) in [6.45, 7) is 3.44. The third-order valence-electron chi connectivity index (χ3n) is 4.23. The maximum absolute atomic E-state index is 3.59. The summed E-state index contributed by atoms with van der Waals surface area (Å²) in [6.07, 6.45) is 9.64. The molecule has 0 radical (unpaired) electrons. The molecule has 106 valence electrons. The Bertz CT molecular complexity index is 385. The average Bonchev–Trinajstić information content (AvgIpc) is 3.16. The van der Waals surface area contributed by atoms with Gasteiger partial charge in [-0.05, 0) is 57.2 Å². The van der Waals surface area contributed by atoms with Crippen LogP contribution in [0.3, 0.4) is 0 Å². The van der Waals surface area contributed by atoms with Gasteiger partial charge in [0.2, 0.25) is 0 Å². The molecule has 1 fully saturated rings. The molecule has 0 spiro atoms. The van der Waals surface area contributed by atoms with Crippen LogP contribution in [0.15, 0.2) is 6.07 Å². The fourth-order valence-corrected chi connectivity index (χ4v) is 4.24. The van der Waals surface area contributed by atoms with E-state index in [9.17, 15) is 0 Å². The van der Waals surface area contributed by atoms with E-state index >= 15 is 0 Å². The molecule has 0 atom stereocenters. The zero-order chi connectivity index (χ0) is 13.1. The second-order valence-corrected chi connectivity index (χ2v) is 7.41. The molecule has 1 N–H and O–H groups in total. The lowest BCUT2D eigenvalue weighted by Gasteiger charge is -2.15. The summed E-state index contributed by atoms with van der Waals surface area (Å²) in [4.78, 5) is 5.71. The fourth-order valence-electron chi connectivity index (χ4n) is 2.90. The summed E-state index contributed by atoms with van der Waals surface area (Å²) in [6, 6.07) is 3.32. The summed E-state index contributed by atoms with van der Waals surface area (Å²) < 4.78 is 0. The van der Waals surface area contributed by atoms with Gasteiger partial charge >= 0.3 is 0 Å². The van der Waals surface area contributed by atoms with E-state index in [1.165, 1.54) is 51.5 Å². The molecule has 1 aromatic heterocycles. The van der Waals surface area contributed by atoms with Gasteiger partial charge in [0.1, 0.15) is 0 Å². The van der Waals surface area contributed by atoms with E-state index in [-0.39, 0.29) is 0 Å². The average molecular weight is 278 g/mol. The van der Waals surface area contributed by atoms with Crippen molar-refractivity contribution in [1.29, 1.82) is 0 Å². The van der Waals surface area contributed by atoms with Gasteiger partial charge in [0.25, 0.3) is 0 Å². The fraction of sp³-hybridized carbons (Fsp3) is 0.750. The van der Waals surface area contributed by atoms with E-state index in [2.05, 4.69) is 34.7 Å². The Hall–Kier alpha value is -0.380. The third kappa shape index (κ3) is 4.04. The molecule has 1 aromatic rings. The first-order valence-corrected chi connectivity index (χ1v) is 8.65. The minimum absolute atomic E-state index is 0.839. The number of nitrogens with one attached hydrogen (secondary N) is 1. The minimum Gasteiger partial charge on any atom is -0.313 e.